The standard InChI is InChI=1S/C18H26N2O4/c1-12(2)11-24-15-7-6-14-16(15)23-10-9-20(14)18(21)13-5-4-8-19-17(13)22-3/h4-5,8,12,14-16H,6-7,9-11H2,1-3H3/t14-,15+,16+/m0/s1. The van der Waals surface area contributed by atoms with Crippen molar-refractivity contribution < 1.29 is 19.0 Å². The highest BCUT2D eigenvalue weighted by Gasteiger charge is 2.45. The van der Waals surface area contributed by atoms with Crippen LogP contribution in [0.5, 0.6) is 5.88 Å². The van der Waals surface area contributed by atoms with E-state index in [0.717, 1.165) is 19.4 Å². The van der Waals surface area contributed by atoms with Gasteiger partial charge in [-0.1, -0.05) is 13.8 Å². The number of amides is 1. The van der Waals surface area contributed by atoms with Gasteiger partial charge in [0, 0.05) is 19.3 Å². The van der Waals surface area contributed by atoms with Gasteiger partial charge in [-0.05, 0) is 30.9 Å². The number of carbonyl (C=O) groups excluding carboxylic acids is 1. The zero-order valence-electron chi connectivity index (χ0n) is 14.6. The molecule has 2 fully saturated rings. The van der Waals surface area contributed by atoms with Gasteiger partial charge in [0.05, 0.1) is 25.9 Å². The molecule has 1 aliphatic heterocycles. The molecule has 0 aromatic carbocycles. The second kappa shape index (κ2) is 7.49. The molecule has 1 aliphatic carbocycles. The van der Waals surface area contributed by atoms with Crippen LogP contribution in [0.3, 0.4) is 0 Å². The second-order valence-corrected chi connectivity index (χ2v) is 6.80. The molecule has 1 aromatic rings. The maximum absolute atomic E-state index is 13.0. The van der Waals surface area contributed by atoms with Crippen molar-refractivity contribution in [2.24, 2.45) is 5.92 Å². The van der Waals surface area contributed by atoms with E-state index in [2.05, 4.69) is 18.8 Å². The first-order valence-corrected chi connectivity index (χ1v) is 8.65. The van der Waals surface area contributed by atoms with Crippen LogP contribution in [0, 0.1) is 5.92 Å². The van der Waals surface area contributed by atoms with Crippen LogP contribution in [0.25, 0.3) is 0 Å². The fourth-order valence-corrected chi connectivity index (χ4v) is 3.53. The molecule has 6 nitrogen and oxygen atoms in total. The monoisotopic (exact) mass is 334 g/mol. The number of aromatic nitrogens is 1. The predicted molar refractivity (Wildman–Crippen MR) is 89.2 cm³/mol. The maximum atomic E-state index is 13.0. The first-order valence-electron chi connectivity index (χ1n) is 8.65. The Morgan fingerprint density at radius 3 is 3.04 bits per heavy atom. The lowest BCUT2D eigenvalue weighted by atomic mass is 10.1. The molecule has 1 amide bonds. The van der Waals surface area contributed by atoms with Gasteiger partial charge in [-0.3, -0.25) is 4.79 Å². The minimum absolute atomic E-state index is 0.0379. The van der Waals surface area contributed by atoms with Gasteiger partial charge >= 0.3 is 0 Å². The van der Waals surface area contributed by atoms with Crippen molar-refractivity contribution in [1.29, 1.82) is 0 Å². The van der Waals surface area contributed by atoms with Gasteiger partial charge in [0.1, 0.15) is 11.7 Å². The summed E-state index contributed by atoms with van der Waals surface area (Å²) in [6.45, 7) is 6.13. The Balaban J connectivity index is 1.74. The lowest BCUT2D eigenvalue weighted by Crippen LogP contribution is -2.54. The number of morpholine rings is 1. The Hall–Kier alpha value is -1.66. The van der Waals surface area contributed by atoms with Crippen molar-refractivity contribution in [3.8, 4) is 5.88 Å². The molecular formula is C18H26N2O4. The van der Waals surface area contributed by atoms with E-state index in [1.807, 2.05) is 4.90 Å². The zero-order chi connectivity index (χ0) is 17.1. The minimum Gasteiger partial charge on any atom is -0.480 e. The molecule has 0 N–H and O–H groups in total. The summed E-state index contributed by atoms with van der Waals surface area (Å²) in [5.74, 6) is 0.823. The van der Waals surface area contributed by atoms with Crippen LogP contribution in [-0.4, -0.2) is 60.9 Å². The smallest absolute Gasteiger partial charge is 0.259 e. The molecule has 24 heavy (non-hydrogen) atoms. The number of nitrogens with zero attached hydrogens (tertiary/aromatic N) is 2. The van der Waals surface area contributed by atoms with E-state index in [1.54, 1.807) is 18.3 Å². The number of carbonyl (C=O) groups is 1. The van der Waals surface area contributed by atoms with Crippen LogP contribution in [-0.2, 0) is 9.47 Å². The predicted octanol–water partition coefficient (Wildman–Crippen LogP) is 2.13. The topological polar surface area (TPSA) is 60.9 Å². The Bertz CT molecular complexity index is 578. The molecule has 0 bridgehead atoms. The summed E-state index contributed by atoms with van der Waals surface area (Å²) in [5.41, 5.74) is 0.507. The normalized spacial score (nSPS) is 26.5. The van der Waals surface area contributed by atoms with Crippen LogP contribution in [0.1, 0.15) is 37.0 Å². The van der Waals surface area contributed by atoms with Crippen LogP contribution in [0.4, 0.5) is 0 Å². The van der Waals surface area contributed by atoms with E-state index in [-0.39, 0.29) is 24.2 Å². The number of pyridine rings is 1. The molecule has 0 spiro atoms. The van der Waals surface area contributed by atoms with Crippen LogP contribution >= 0.6 is 0 Å². The molecule has 6 heteroatoms. The van der Waals surface area contributed by atoms with Gasteiger partial charge in [0.25, 0.3) is 5.91 Å². The molecule has 3 rings (SSSR count). The van der Waals surface area contributed by atoms with E-state index in [1.165, 1.54) is 7.11 Å². The Kier molecular flexibility index (Phi) is 5.36. The molecule has 0 unspecified atom stereocenters. The Morgan fingerprint density at radius 1 is 1.46 bits per heavy atom. The molecule has 132 valence electrons. The summed E-state index contributed by atoms with van der Waals surface area (Å²) in [4.78, 5) is 19.1. The third-order valence-electron chi connectivity index (χ3n) is 4.63. The van der Waals surface area contributed by atoms with Crippen molar-refractivity contribution in [3.05, 3.63) is 23.9 Å². The zero-order valence-corrected chi connectivity index (χ0v) is 14.6. The highest BCUT2D eigenvalue weighted by Crippen LogP contribution is 2.33. The third-order valence-corrected chi connectivity index (χ3v) is 4.63. The van der Waals surface area contributed by atoms with Crippen molar-refractivity contribution in [3.63, 3.8) is 0 Å². The molecular weight excluding hydrogens is 308 g/mol. The summed E-state index contributed by atoms with van der Waals surface area (Å²) in [6.07, 6.45) is 3.49. The maximum Gasteiger partial charge on any atom is 0.259 e. The van der Waals surface area contributed by atoms with E-state index in [9.17, 15) is 4.79 Å². The summed E-state index contributed by atoms with van der Waals surface area (Å²) < 4.78 is 17.2. The van der Waals surface area contributed by atoms with Gasteiger partial charge in [-0.15, -0.1) is 0 Å². The molecule has 1 saturated heterocycles. The lowest BCUT2D eigenvalue weighted by Gasteiger charge is -2.39. The highest BCUT2D eigenvalue weighted by atomic mass is 16.5. The van der Waals surface area contributed by atoms with E-state index in [0.29, 0.717) is 30.5 Å². The summed E-state index contributed by atoms with van der Waals surface area (Å²) in [7, 11) is 1.53. The Labute approximate surface area is 143 Å². The highest BCUT2D eigenvalue weighted by molar-refractivity contribution is 5.96. The van der Waals surface area contributed by atoms with Crippen molar-refractivity contribution in [2.75, 3.05) is 26.9 Å². The molecule has 1 aromatic heterocycles. The quantitative estimate of drug-likeness (QED) is 0.825. The van der Waals surface area contributed by atoms with Crippen LogP contribution in [0.15, 0.2) is 18.3 Å². The fraction of sp³-hybridized carbons (Fsp3) is 0.667. The Morgan fingerprint density at radius 2 is 2.29 bits per heavy atom. The van der Waals surface area contributed by atoms with Gasteiger partial charge < -0.3 is 19.1 Å². The average molecular weight is 334 g/mol. The lowest BCUT2D eigenvalue weighted by molar-refractivity contribution is -0.108. The van der Waals surface area contributed by atoms with Crippen LogP contribution < -0.4 is 4.74 Å². The average Bonchev–Trinajstić information content (AvgIpc) is 3.02. The number of methoxy groups -OCH3 is 1. The number of fused-ring (bicyclic) bond motifs is 1. The van der Waals surface area contributed by atoms with E-state index < -0.39 is 0 Å². The van der Waals surface area contributed by atoms with Crippen molar-refractivity contribution in [1.82, 2.24) is 9.88 Å². The van der Waals surface area contributed by atoms with Gasteiger partial charge in [-0.2, -0.15) is 0 Å². The molecule has 2 heterocycles. The van der Waals surface area contributed by atoms with Crippen molar-refractivity contribution in [2.45, 2.75) is 44.9 Å². The molecule has 2 aliphatic rings. The SMILES string of the molecule is COc1ncccc1C(=O)N1CCO[C@H]2[C@H](OCC(C)C)CC[C@@H]21. The third kappa shape index (κ3) is 3.39. The van der Waals surface area contributed by atoms with E-state index in [4.69, 9.17) is 14.2 Å². The second-order valence-electron chi connectivity index (χ2n) is 6.80. The molecule has 3 atom stereocenters. The first kappa shape index (κ1) is 17.2. The number of ether oxygens (including phenoxy) is 3. The van der Waals surface area contributed by atoms with E-state index >= 15 is 0 Å². The summed E-state index contributed by atoms with van der Waals surface area (Å²) in [5, 5.41) is 0. The van der Waals surface area contributed by atoms with Gasteiger partial charge in [-0.25, -0.2) is 4.98 Å². The molecule has 0 radical (unpaired) electrons. The minimum atomic E-state index is -0.0391. The number of rotatable bonds is 5. The molecule has 1 saturated carbocycles. The fourth-order valence-electron chi connectivity index (χ4n) is 3.53. The number of hydrogen-bond acceptors (Lipinski definition) is 5. The van der Waals surface area contributed by atoms with Gasteiger partial charge in [0.15, 0.2) is 0 Å². The summed E-state index contributed by atoms with van der Waals surface area (Å²) >= 11 is 0. The van der Waals surface area contributed by atoms with Gasteiger partial charge in [0.2, 0.25) is 5.88 Å². The summed E-state index contributed by atoms with van der Waals surface area (Å²) in [6, 6.07) is 3.59. The largest absolute Gasteiger partial charge is 0.480 e. The number of hydrogen-bond donors (Lipinski definition) is 0. The van der Waals surface area contributed by atoms with Crippen LogP contribution in [0.2, 0.25) is 0 Å². The first-order chi connectivity index (χ1) is 11.6. The van der Waals surface area contributed by atoms with Crippen molar-refractivity contribution >= 4 is 5.91 Å².